The third kappa shape index (κ3) is 4.54. The predicted octanol–water partition coefficient (Wildman–Crippen LogP) is 3.01. The summed E-state index contributed by atoms with van der Waals surface area (Å²) in [7, 11) is -3.47. The molecule has 1 N–H and O–H groups in total. The van der Waals surface area contributed by atoms with Crippen LogP contribution in [0.15, 0.2) is 35.2 Å². The van der Waals surface area contributed by atoms with Gasteiger partial charge in [-0.3, -0.25) is 4.90 Å². The minimum absolute atomic E-state index is 0.328. The van der Waals surface area contributed by atoms with E-state index < -0.39 is 15.6 Å². The first-order valence-corrected chi connectivity index (χ1v) is 9.65. The Hall–Kier alpha value is -0.910. The molecule has 1 aliphatic rings. The number of nitrogens with one attached hydrogen (secondary N) is 1. The first-order chi connectivity index (χ1) is 10.3. The molecule has 0 radical (unpaired) electrons. The van der Waals surface area contributed by atoms with Gasteiger partial charge in [0, 0.05) is 18.1 Å². The van der Waals surface area contributed by atoms with E-state index in [1.54, 1.807) is 24.3 Å². The maximum absolute atomic E-state index is 12.5. The van der Waals surface area contributed by atoms with Crippen molar-refractivity contribution in [2.75, 3.05) is 13.1 Å². The quantitative estimate of drug-likeness (QED) is 0.875. The molecule has 22 heavy (non-hydrogen) atoms. The zero-order valence-corrected chi connectivity index (χ0v) is 14.7. The van der Waals surface area contributed by atoms with E-state index in [2.05, 4.69) is 16.5 Å². The summed E-state index contributed by atoms with van der Waals surface area (Å²) in [5.41, 5.74) is -0.487. The lowest BCUT2D eigenvalue weighted by molar-refractivity contribution is 0.115. The van der Waals surface area contributed by atoms with Crippen molar-refractivity contribution in [2.45, 2.75) is 62.9 Å². The molecule has 1 fully saturated rings. The van der Waals surface area contributed by atoms with E-state index in [-0.39, 0.29) is 0 Å². The van der Waals surface area contributed by atoms with Crippen molar-refractivity contribution < 1.29 is 8.42 Å². The van der Waals surface area contributed by atoms with Crippen molar-refractivity contribution in [3.8, 4) is 0 Å². The first kappa shape index (κ1) is 17.4. The Bertz CT molecular complexity index is 570. The standard InChI is InChI=1S/C17H28N2O2S/c1-4-15-10-8-9-13-19(15)14-17(2,3)18-22(20,21)16-11-6-5-7-12-16/h5-7,11-12,15,18H,4,8-10,13-14H2,1-3H3/t15-/m0/s1. The summed E-state index contributed by atoms with van der Waals surface area (Å²) < 4.78 is 27.9. The van der Waals surface area contributed by atoms with Gasteiger partial charge in [-0.2, -0.15) is 0 Å². The van der Waals surface area contributed by atoms with Crippen molar-refractivity contribution in [3.63, 3.8) is 0 Å². The number of sulfonamides is 1. The number of benzene rings is 1. The lowest BCUT2D eigenvalue weighted by Crippen LogP contribution is -2.54. The fourth-order valence-corrected chi connectivity index (χ4v) is 4.72. The summed E-state index contributed by atoms with van der Waals surface area (Å²) in [6, 6.07) is 9.17. The van der Waals surface area contributed by atoms with Gasteiger partial charge in [0.15, 0.2) is 0 Å². The molecule has 0 saturated carbocycles. The van der Waals surface area contributed by atoms with E-state index >= 15 is 0 Å². The van der Waals surface area contributed by atoms with Gasteiger partial charge in [0.05, 0.1) is 4.90 Å². The molecule has 1 aromatic carbocycles. The monoisotopic (exact) mass is 324 g/mol. The molecule has 0 unspecified atom stereocenters. The Balaban J connectivity index is 2.07. The van der Waals surface area contributed by atoms with Gasteiger partial charge in [-0.05, 0) is 51.8 Å². The van der Waals surface area contributed by atoms with Gasteiger partial charge in [0.2, 0.25) is 10.0 Å². The summed E-state index contributed by atoms with van der Waals surface area (Å²) in [6.07, 6.45) is 4.84. The topological polar surface area (TPSA) is 49.4 Å². The van der Waals surface area contributed by atoms with Crippen LogP contribution in [-0.4, -0.2) is 38.0 Å². The molecule has 0 amide bonds. The number of likely N-dealkylation sites (tertiary alicyclic amines) is 1. The molecule has 4 nitrogen and oxygen atoms in total. The molecule has 124 valence electrons. The van der Waals surface area contributed by atoms with Crippen molar-refractivity contribution in [1.82, 2.24) is 9.62 Å². The van der Waals surface area contributed by atoms with E-state index in [1.165, 1.54) is 19.3 Å². The molecule has 0 aromatic heterocycles. The van der Waals surface area contributed by atoms with Gasteiger partial charge in [0.25, 0.3) is 0 Å². The second kappa shape index (κ2) is 7.11. The largest absolute Gasteiger partial charge is 0.299 e. The van der Waals surface area contributed by atoms with Crippen molar-refractivity contribution in [2.24, 2.45) is 0 Å². The van der Waals surface area contributed by atoms with Crippen LogP contribution < -0.4 is 4.72 Å². The molecule has 1 heterocycles. The zero-order valence-electron chi connectivity index (χ0n) is 13.9. The second-order valence-corrected chi connectivity index (χ2v) is 8.51. The van der Waals surface area contributed by atoms with Gasteiger partial charge < -0.3 is 0 Å². The molecule has 0 aliphatic carbocycles. The molecular weight excluding hydrogens is 296 g/mol. The van der Waals surface area contributed by atoms with Gasteiger partial charge in [-0.15, -0.1) is 0 Å². The first-order valence-electron chi connectivity index (χ1n) is 8.17. The van der Waals surface area contributed by atoms with Crippen LogP contribution in [0.3, 0.4) is 0 Å². The fraction of sp³-hybridized carbons (Fsp3) is 0.647. The summed E-state index contributed by atoms with van der Waals surface area (Å²) in [6.45, 7) is 7.96. The average Bonchev–Trinajstić information content (AvgIpc) is 2.47. The Morgan fingerprint density at radius 1 is 1.23 bits per heavy atom. The van der Waals surface area contributed by atoms with E-state index in [1.807, 2.05) is 19.9 Å². The highest BCUT2D eigenvalue weighted by atomic mass is 32.2. The predicted molar refractivity (Wildman–Crippen MR) is 90.3 cm³/mol. The summed E-state index contributed by atoms with van der Waals surface area (Å²) in [5.74, 6) is 0. The lowest BCUT2D eigenvalue weighted by atomic mass is 9.97. The summed E-state index contributed by atoms with van der Waals surface area (Å²) in [4.78, 5) is 2.77. The normalized spacial score (nSPS) is 21.0. The Labute approximate surface area is 135 Å². The highest BCUT2D eigenvalue weighted by Gasteiger charge is 2.31. The van der Waals surface area contributed by atoms with Crippen LogP contribution in [0.5, 0.6) is 0 Å². The number of piperidine rings is 1. The SMILES string of the molecule is CC[C@H]1CCCCN1CC(C)(C)NS(=O)(=O)c1ccccc1. The molecule has 5 heteroatoms. The molecule has 1 atom stereocenters. The van der Waals surface area contributed by atoms with Crippen LogP contribution in [0.4, 0.5) is 0 Å². The third-order valence-corrected chi connectivity index (χ3v) is 6.00. The summed E-state index contributed by atoms with van der Waals surface area (Å²) in [5, 5.41) is 0. The number of nitrogens with zero attached hydrogens (tertiary/aromatic N) is 1. The lowest BCUT2D eigenvalue weighted by Gasteiger charge is -2.40. The minimum Gasteiger partial charge on any atom is -0.299 e. The van der Waals surface area contributed by atoms with Gasteiger partial charge in [-0.1, -0.05) is 31.5 Å². The highest BCUT2D eigenvalue weighted by Crippen LogP contribution is 2.22. The number of hydrogen-bond donors (Lipinski definition) is 1. The minimum atomic E-state index is -3.47. The van der Waals surface area contributed by atoms with E-state index in [4.69, 9.17) is 0 Å². The molecule has 0 bridgehead atoms. The van der Waals surface area contributed by atoms with Crippen molar-refractivity contribution >= 4 is 10.0 Å². The van der Waals surface area contributed by atoms with Crippen LogP contribution in [0.25, 0.3) is 0 Å². The third-order valence-electron chi connectivity index (χ3n) is 4.28. The summed E-state index contributed by atoms with van der Waals surface area (Å²) >= 11 is 0. The second-order valence-electron chi connectivity index (χ2n) is 6.83. The average molecular weight is 324 g/mol. The van der Waals surface area contributed by atoms with Crippen molar-refractivity contribution in [3.05, 3.63) is 30.3 Å². The maximum Gasteiger partial charge on any atom is 0.241 e. The number of rotatable bonds is 6. The molecule has 0 spiro atoms. The molecule has 2 rings (SSSR count). The molecule has 1 aromatic rings. The number of hydrogen-bond acceptors (Lipinski definition) is 3. The Kier molecular flexibility index (Phi) is 5.64. The zero-order chi connectivity index (χ0) is 16.2. The van der Waals surface area contributed by atoms with Crippen LogP contribution in [0.1, 0.15) is 46.5 Å². The molecular formula is C17H28N2O2S. The van der Waals surface area contributed by atoms with E-state index in [9.17, 15) is 8.42 Å². The van der Waals surface area contributed by atoms with Gasteiger partial charge in [0.1, 0.15) is 0 Å². The van der Waals surface area contributed by atoms with Gasteiger partial charge in [-0.25, -0.2) is 13.1 Å². The van der Waals surface area contributed by atoms with E-state index in [0.29, 0.717) is 10.9 Å². The Morgan fingerprint density at radius 3 is 2.55 bits per heavy atom. The van der Waals surface area contributed by atoms with Crippen LogP contribution in [0, 0.1) is 0 Å². The smallest absolute Gasteiger partial charge is 0.241 e. The van der Waals surface area contributed by atoms with E-state index in [0.717, 1.165) is 19.5 Å². The molecule has 1 aliphatic heterocycles. The fourth-order valence-electron chi connectivity index (χ4n) is 3.29. The Morgan fingerprint density at radius 2 is 1.91 bits per heavy atom. The van der Waals surface area contributed by atoms with Crippen LogP contribution in [-0.2, 0) is 10.0 Å². The van der Waals surface area contributed by atoms with Crippen LogP contribution >= 0.6 is 0 Å². The highest BCUT2D eigenvalue weighted by molar-refractivity contribution is 7.89. The van der Waals surface area contributed by atoms with Crippen LogP contribution in [0.2, 0.25) is 0 Å². The van der Waals surface area contributed by atoms with Crippen molar-refractivity contribution in [1.29, 1.82) is 0 Å². The molecule has 1 saturated heterocycles. The van der Waals surface area contributed by atoms with Gasteiger partial charge >= 0.3 is 0 Å². The maximum atomic E-state index is 12.5.